The smallest absolute Gasteiger partial charge is 0.143 e. The SMILES string of the molecule is c1ccc2cc(-c3c4ccccc4c4oc5ccc6c(-c7ccc8ccccc8c7)c7ccccc7c7oc8ccc3c4c8-c5c67)ccc2c1. The van der Waals surface area contributed by atoms with E-state index in [9.17, 15) is 0 Å². The molecule has 2 heterocycles. The van der Waals surface area contributed by atoms with Crippen LogP contribution in [0.25, 0.3) is 120 Å². The van der Waals surface area contributed by atoms with Gasteiger partial charge >= 0.3 is 0 Å². The second-order valence-electron chi connectivity index (χ2n) is 13.5. The van der Waals surface area contributed by atoms with Crippen molar-refractivity contribution in [3.05, 3.63) is 158 Å². The van der Waals surface area contributed by atoms with Crippen LogP contribution in [0.2, 0.25) is 0 Å². The quantitative estimate of drug-likeness (QED) is 0.140. The first-order valence-electron chi connectivity index (χ1n) is 17.2. The minimum Gasteiger partial charge on any atom is -0.455 e. The van der Waals surface area contributed by atoms with Crippen molar-refractivity contribution >= 4 is 87.0 Å². The molecule has 0 bridgehead atoms. The summed E-state index contributed by atoms with van der Waals surface area (Å²) in [5.74, 6) is 0. The molecule has 2 aliphatic rings. The number of hydrogen-bond acceptors (Lipinski definition) is 2. The second-order valence-corrected chi connectivity index (χ2v) is 13.5. The molecule has 0 spiro atoms. The second kappa shape index (κ2) is 9.49. The van der Waals surface area contributed by atoms with Crippen molar-refractivity contribution in [2.24, 2.45) is 0 Å². The van der Waals surface area contributed by atoms with Crippen LogP contribution in [0.5, 0.6) is 0 Å². The topological polar surface area (TPSA) is 26.3 Å². The predicted octanol–water partition coefficient (Wildman–Crippen LogP) is 14.0. The van der Waals surface area contributed by atoms with Crippen LogP contribution >= 0.6 is 0 Å². The summed E-state index contributed by atoms with van der Waals surface area (Å²) >= 11 is 0. The zero-order chi connectivity index (χ0) is 32.5. The summed E-state index contributed by atoms with van der Waals surface area (Å²) < 4.78 is 14.1. The molecule has 230 valence electrons. The highest BCUT2D eigenvalue weighted by atomic mass is 16.3. The van der Waals surface area contributed by atoms with E-state index in [1.165, 1.54) is 54.6 Å². The van der Waals surface area contributed by atoms with Crippen LogP contribution in [0.15, 0.2) is 167 Å². The standard InChI is InChI=1S/C48H26O2/c1-3-11-29-25-31(19-17-27(29)9-1)41-33-13-5-7-15-35(33)47-43-37(41)21-23-39-45(43)46-40(49-47)24-22-38-42(32-20-18-28-10-2-4-12-30(28)26-32)34-14-6-8-16-36(34)48(50-39)44(38)46/h1-26H. The van der Waals surface area contributed by atoms with Crippen molar-refractivity contribution in [2.45, 2.75) is 0 Å². The zero-order valence-corrected chi connectivity index (χ0v) is 26.8. The molecule has 2 nitrogen and oxygen atoms in total. The molecule has 50 heavy (non-hydrogen) atoms. The maximum absolute atomic E-state index is 7.07. The Labute approximate surface area is 286 Å². The molecule has 0 aromatic heterocycles. The number of benzene rings is 10. The molecule has 0 N–H and O–H groups in total. The fourth-order valence-corrected chi connectivity index (χ4v) is 8.82. The number of fused-ring (bicyclic) bond motifs is 6. The molecule has 2 aliphatic heterocycles. The average Bonchev–Trinajstić information content (AvgIpc) is 3.18. The summed E-state index contributed by atoms with van der Waals surface area (Å²) in [6.45, 7) is 0. The maximum Gasteiger partial charge on any atom is 0.143 e. The zero-order valence-electron chi connectivity index (χ0n) is 26.8. The van der Waals surface area contributed by atoms with Gasteiger partial charge in [-0.2, -0.15) is 0 Å². The Morgan fingerprint density at radius 2 is 0.680 bits per heavy atom. The van der Waals surface area contributed by atoms with Gasteiger partial charge in [-0.15, -0.1) is 0 Å². The van der Waals surface area contributed by atoms with Crippen LogP contribution in [0.3, 0.4) is 0 Å². The monoisotopic (exact) mass is 634 g/mol. The van der Waals surface area contributed by atoms with Gasteiger partial charge in [0, 0.05) is 32.7 Å². The molecule has 10 aromatic rings. The van der Waals surface area contributed by atoms with Gasteiger partial charge in [0.05, 0.1) is 0 Å². The van der Waals surface area contributed by atoms with E-state index in [0.717, 1.165) is 65.8 Å². The normalized spacial score (nSPS) is 12.4. The molecular weight excluding hydrogens is 609 g/mol. The maximum atomic E-state index is 7.07. The molecule has 0 radical (unpaired) electrons. The van der Waals surface area contributed by atoms with Crippen molar-refractivity contribution in [3.63, 3.8) is 0 Å². The van der Waals surface area contributed by atoms with Crippen LogP contribution < -0.4 is 0 Å². The third-order valence-corrected chi connectivity index (χ3v) is 11.0. The van der Waals surface area contributed by atoms with Gasteiger partial charge < -0.3 is 8.83 Å². The van der Waals surface area contributed by atoms with Crippen LogP contribution in [0, 0.1) is 0 Å². The highest BCUT2D eigenvalue weighted by Crippen LogP contribution is 2.54. The summed E-state index contributed by atoms with van der Waals surface area (Å²) in [7, 11) is 0. The van der Waals surface area contributed by atoms with Gasteiger partial charge in [-0.05, 0) is 102 Å². The van der Waals surface area contributed by atoms with E-state index in [-0.39, 0.29) is 0 Å². The Morgan fingerprint density at radius 3 is 1.14 bits per heavy atom. The van der Waals surface area contributed by atoms with E-state index in [0.29, 0.717) is 0 Å². The van der Waals surface area contributed by atoms with Crippen LogP contribution in [0.1, 0.15) is 0 Å². The average molecular weight is 635 g/mol. The van der Waals surface area contributed by atoms with Crippen LogP contribution in [-0.2, 0) is 0 Å². The Kier molecular flexibility index (Phi) is 5.00. The van der Waals surface area contributed by atoms with Crippen molar-refractivity contribution in [3.8, 4) is 33.4 Å². The van der Waals surface area contributed by atoms with Gasteiger partial charge in [-0.1, -0.05) is 121 Å². The first-order chi connectivity index (χ1) is 24.8. The fraction of sp³-hybridized carbons (Fsp3) is 0. The van der Waals surface area contributed by atoms with E-state index < -0.39 is 0 Å². The molecule has 0 amide bonds. The number of hydrogen-bond donors (Lipinski definition) is 0. The molecular formula is C48H26O2. The largest absolute Gasteiger partial charge is 0.455 e. The molecule has 0 aliphatic carbocycles. The van der Waals surface area contributed by atoms with Crippen LogP contribution in [-0.4, -0.2) is 0 Å². The van der Waals surface area contributed by atoms with E-state index in [4.69, 9.17) is 8.83 Å². The lowest BCUT2D eigenvalue weighted by Crippen LogP contribution is -1.98. The Hall–Kier alpha value is -6.64. The fourth-order valence-electron chi connectivity index (χ4n) is 8.82. The molecule has 0 saturated carbocycles. The Bertz CT molecular complexity index is 3090. The lowest BCUT2D eigenvalue weighted by atomic mass is 9.83. The van der Waals surface area contributed by atoms with Gasteiger partial charge in [0.15, 0.2) is 0 Å². The minimum atomic E-state index is 0.867. The van der Waals surface area contributed by atoms with Crippen molar-refractivity contribution < 1.29 is 8.83 Å². The first kappa shape index (κ1) is 26.3. The number of rotatable bonds is 2. The summed E-state index contributed by atoms with van der Waals surface area (Å²) in [5.41, 5.74) is 10.6. The molecule has 0 unspecified atom stereocenters. The molecule has 0 fully saturated rings. The Morgan fingerprint density at radius 1 is 0.280 bits per heavy atom. The molecule has 0 saturated heterocycles. The minimum absolute atomic E-state index is 0.867. The summed E-state index contributed by atoms with van der Waals surface area (Å²) in [5, 5.41) is 14.0. The van der Waals surface area contributed by atoms with E-state index in [2.05, 4.69) is 158 Å². The Balaban J connectivity index is 1.27. The van der Waals surface area contributed by atoms with Gasteiger partial charge in [-0.25, -0.2) is 0 Å². The van der Waals surface area contributed by atoms with Gasteiger partial charge in [0.2, 0.25) is 0 Å². The summed E-state index contributed by atoms with van der Waals surface area (Å²) in [6, 6.07) is 56.9. The highest BCUT2D eigenvalue weighted by Gasteiger charge is 2.29. The lowest BCUT2D eigenvalue weighted by Gasteiger charge is -2.24. The molecule has 0 atom stereocenters. The van der Waals surface area contributed by atoms with E-state index in [1.54, 1.807) is 0 Å². The highest BCUT2D eigenvalue weighted by molar-refractivity contribution is 6.34. The molecule has 10 aromatic carbocycles. The third kappa shape index (κ3) is 3.37. The lowest BCUT2D eigenvalue weighted by molar-refractivity contribution is 0.650. The summed E-state index contributed by atoms with van der Waals surface area (Å²) in [4.78, 5) is 0. The third-order valence-electron chi connectivity index (χ3n) is 11.0. The van der Waals surface area contributed by atoms with Gasteiger partial charge in [0.1, 0.15) is 22.3 Å². The van der Waals surface area contributed by atoms with Crippen LogP contribution in [0.4, 0.5) is 0 Å². The van der Waals surface area contributed by atoms with E-state index >= 15 is 0 Å². The first-order valence-corrected chi connectivity index (χ1v) is 17.2. The van der Waals surface area contributed by atoms with Gasteiger partial charge in [0.25, 0.3) is 0 Å². The molecule has 2 heteroatoms. The predicted molar refractivity (Wildman–Crippen MR) is 210 cm³/mol. The molecule has 12 rings (SSSR count). The summed E-state index contributed by atoms with van der Waals surface area (Å²) in [6.07, 6.45) is 0. The van der Waals surface area contributed by atoms with E-state index in [1.807, 2.05) is 0 Å². The van der Waals surface area contributed by atoms with Crippen molar-refractivity contribution in [2.75, 3.05) is 0 Å². The van der Waals surface area contributed by atoms with Crippen molar-refractivity contribution in [1.29, 1.82) is 0 Å². The van der Waals surface area contributed by atoms with Crippen molar-refractivity contribution in [1.82, 2.24) is 0 Å². The van der Waals surface area contributed by atoms with Gasteiger partial charge in [-0.3, -0.25) is 0 Å².